The molecule has 0 radical (unpaired) electrons. The van der Waals surface area contributed by atoms with E-state index in [9.17, 15) is 19.2 Å². The quantitative estimate of drug-likeness (QED) is 0.0328. The number of piperazine rings is 1. The molecule has 0 bridgehead atoms. The molecule has 108 heavy (non-hydrogen) atoms. The lowest BCUT2D eigenvalue weighted by Crippen LogP contribution is -2.50. The molecule has 1 aliphatic heterocycles. The first-order chi connectivity index (χ1) is 53.1. The third kappa shape index (κ3) is 65.0. The van der Waals surface area contributed by atoms with E-state index in [1.165, 1.54) is 308 Å². The van der Waals surface area contributed by atoms with Crippen LogP contribution in [-0.2, 0) is 38.1 Å². The Bertz CT molecular complexity index is 1650. The number of hydrogen-bond donors (Lipinski definition) is 0. The minimum absolute atomic E-state index is 0.0123. The van der Waals surface area contributed by atoms with E-state index in [0.717, 1.165) is 155 Å². The summed E-state index contributed by atoms with van der Waals surface area (Å²) >= 11 is 0. The maximum Gasteiger partial charge on any atom is 0.308 e. The lowest BCUT2D eigenvalue weighted by Gasteiger charge is -2.36. The van der Waals surface area contributed by atoms with Crippen LogP contribution in [0.5, 0.6) is 0 Å². The summed E-state index contributed by atoms with van der Waals surface area (Å²) in [6, 6.07) is 0. The molecule has 0 spiro atoms. The van der Waals surface area contributed by atoms with Gasteiger partial charge in [-0.25, -0.2) is 0 Å². The smallest absolute Gasteiger partial charge is 0.308 e. The molecule has 0 saturated carbocycles. The summed E-state index contributed by atoms with van der Waals surface area (Å²) in [7, 11) is 0. The van der Waals surface area contributed by atoms with E-state index in [2.05, 4.69) is 75.0 Å². The Morgan fingerprint density at radius 2 is 0.352 bits per heavy atom. The fourth-order valence-corrected chi connectivity index (χ4v) is 16.3. The van der Waals surface area contributed by atoms with E-state index in [1.54, 1.807) is 0 Å². The summed E-state index contributed by atoms with van der Waals surface area (Å²) < 4.78 is 25.2. The largest absolute Gasteiger partial charge is 0.464 e. The van der Waals surface area contributed by atoms with Crippen molar-refractivity contribution in [1.82, 2.24) is 19.6 Å². The third-order valence-corrected chi connectivity index (χ3v) is 24.1. The molecule has 0 aromatic heterocycles. The Morgan fingerprint density at radius 3 is 0.500 bits per heavy atom. The van der Waals surface area contributed by atoms with Gasteiger partial charge in [-0.2, -0.15) is 0 Å². The van der Waals surface area contributed by atoms with Gasteiger partial charge >= 0.3 is 23.9 Å². The van der Waals surface area contributed by atoms with Crippen molar-refractivity contribution in [3.63, 3.8) is 0 Å². The van der Waals surface area contributed by atoms with Gasteiger partial charge in [0.25, 0.3) is 0 Å². The highest BCUT2D eigenvalue weighted by Gasteiger charge is 2.26. The van der Waals surface area contributed by atoms with Gasteiger partial charge in [-0.15, -0.1) is 0 Å². The molecule has 0 aromatic rings. The van der Waals surface area contributed by atoms with E-state index >= 15 is 0 Å². The summed E-state index contributed by atoms with van der Waals surface area (Å²) in [5.74, 6) is -0.191. The van der Waals surface area contributed by atoms with Gasteiger partial charge in [0.05, 0.1) is 23.7 Å². The number of esters is 4. The average Bonchev–Trinajstić information content (AvgIpc) is 0.960. The predicted octanol–water partition coefficient (Wildman–Crippen LogP) is 27.0. The summed E-state index contributed by atoms with van der Waals surface area (Å²) in [6.45, 7) is 29.4. The van der Waals surface area contributed by atoms with Crippen LogP contribution in [0.1, 0.15) is 466 Å². The van der Waals surface area contributed by atoms with Crippen molar-refractivity contribution in [3.8, 4) is 0 Å². The monoisotopic (exact) mass is 1530 g/mol. The van der Waals surface area contributed by atoms with E-state index in [4.69, 9.17) is 18.9 Å². The number of unbranched alkanes of at least 4 members (excludes halogenated alkanes) is 48. The van der Waals surface area contributed by atoms with Crippen LogP contribution in [0.15, 0.2) is 0 Å². The number of carbonyl (C=O) groups is 4. The fourth-order valence-electron chi connectivity index (χ4n) is 16.3. The molecule has 1 heterocycles. The van der Waals surface area contributed by atoms with Crippen molar-refractivity contribution in [2.24, 2.45) is 23.7 Å². The van der Waals surface area contributed by atoms with Crippen molar-refractivity contribution >= 4 is 23.9 Å². The minimum Gasteiger partial charge on any atom is -0.464 e. The zero-order valence-corrected chi connectivity index (χ0v) is 73.9. The summed E-state index contributed by atoms with van der Waals surface area (Å²) in [4.78, 5) is 66.4. The number of rotatable bonds is 86. The Hall–Kier alpha value is -2.28. The molecule has 1 saturated heterocycles. The van der Waals surface area contributed by atoms with E-state index < -0.39 is 0 Å². The molecule has 640 valence electrons. The summed E-state index contributed by atoms with van der Waals surface area (Å²) in [6.07, 6.45) is 77.2. The predicted molar refractivity (Wildman–Crippen MR) is 464 cm³/mol. The summed E-state index contributed by atoms with van der Waals surface area (Å²) in [5, 5.41) is 0. The van der Waals surface area contributed by atoms with Gasteiger partial charge in [0.15, 0.2) is 0 Å². The second-order valence-electron chi connectivity index (χ2n) is 34.1. The van der Waals surface area contributed by atoms with Crippen molar-refractivity contribution in [3.05, 3.63) is 0 Å². The topological polar surface area (TPSA) is 118 Å². The van der Waals surface area contributed by atoms with Gasteiger partial charge < -0.3 is 18.9 Å². The second-order valence-corrected chi connectivity index (χ2v) is 34.1. The van der Waals surface area contributed by atoms with Gasteiger partial charge in [0, 0.05) is 78.5 Å². The van der Waals surface area contributed by atoms with Crippen molar-refractivity contribution in [2.45, 2.75) is 466 Å². The minimum atomic E-state index is -0.0354. The first-order valence-electron chi connectivity index (χ1n) is 48.7. The van der Waals surface area contributed by atoms with Crippen molar-refractivity contribution in [1.29, 1.82) is 0 Å². The Balaban J connectivity index is 3.34. The highest BCUT2D eigenvalue weighted by molar-refractivity contribution is 5.73. The molecular weight excluding hydrogens is 1340 g/mol. The fraction of sp³-hybridized carbons (Fsp3) is 0.958. The van der Waals surface area contributed by atoms with Crippen LogP contribution in [-0.4, -0.2) is 148 Å². The molecule has 1 fully saturated rings. The van der Waals surface area contributed by atoms with Crippen LogP contribution in [0.2, 0.25) is 0 Å². The van der Waals surface area contributed by atoms with Crippen LogP contribution in [0.4, 0.5) is 0 Å². The lowest BCUT2D eigenvalue weighted by atomic mass is 9.94. The Labute approximate surface area is 673 Å². The van der Waals surface area contributed by atoms with Crippen LogP contribution in [0.25, 0.3) is 0 Å². The highest BCUT2D eigenvalue weighted by atomic mass is 16.5. The van der Waals surface area contributed by atoms with Gasteiger partial charge in [-0.1, -0.05) is 415 Å². The molecule has 0 amide bonds. The van der Waals surface area contributed by atoms with Gasteiger partial charge in [-0.05, 0) is 51.4 Å². The summed E-state index contributed by atoms with van der Waals surface area (Å²) in [5.41, 5.74) is 0. The second kappa shape index (κ2) is 81.3. The third-order valence-electron chi connectivity index (χ3n) is 24.1. The molecule has 0 aliphatic carbocycles. The number of hydrogen-bond acceptors (Lipinski definition) is 12. The maximum atomic E-state index is 14.1. The van der Waals surface area contributed by atoms with Crippen LogP contribution in [0.3, 0.4) is 0 Å². The Morgan fingerprint density at radius 1 is 0.213 bits per heavy atom. The zero-order chi connectivity index (χ0) is 78.3. The molecule has 4 unspecified atom stereocenters. The number of nitrogens with zero attached hydrogens (tertiary/aromatic N) is 4. The molecule has 1 rings (SSSR count). The molecule has 1 aliphatic rings. The Kier molecular flexibility index (Phi) is 78.1. The average molecular weight is 1530 g/mol. The zero-order valence-electron chi connectivity index (χ0n) is 73.9. The van der Waals surface area contributed by atoms with Gasteiger partial charge in [-0.3, -0.25) is 38.8 Å². The van der Waals surface area contributed by atoms with Crippen molar-refractivity contribution < 1.29 is 38.1 Å². The van der Waals surface area contributed by atoms with Gasteiger partial charge in [0.2, 0.25) is 0 Å². The van der Waals surface area contributed by atoms with E-state index in [1.807, 2.05) is 0 Å². The van der Waals surface area contributed by atoms with Gasteiger partial charge in [0.1, 0.15) is 26.4 Å². The standard InChI is InChI=1S/C96H188N4O8/c1-9-17-25-33-41-45-53-61-69-89(65-57-49-37-29-21-13-5)93(101)105-85-81-99(82-86-106-94(102)90(66-58-50-38-30-22-14-6)70-62-54-46-42-34-26-18-10-2)79-77-97-73-75-98(76-74-97)78-80-100(83-87-107-95(103)91(67-59-51-39-31-23-15-7)71-63-55-47-43-35-27-19-11-3)84-88-108-96(104)92(68-60-52-40-32-24-16-8)72-64-56-48-44-36-28-20-12-4/h89-92H,9-88H2,1-8H3. The van der Waals surface area contributed by atoms with E-state index in [0.29, 0.717) is 52.6 Å². The first-order valence-corrected chi connectivity index (χ1v) is 48.7. The molecule has 12 nitrogen and oxygen atoms in total. The molecule has 12 heteroatoms. The molecule has 0 aromatic carbocycles. The molecular formula is C96H188N4O8. The maximum absolute atomic E-state index is 14.1. The van der Waals surface area contributed by atoms with Crippen LogP contribution in [0, 0.1) is 23.7 Å². The molecule has 0 N–H and O–H groups in total. The lowest BCUT2D eigenvalue weighted by molar-refractivity contribution is -0.151. The van der Waals surface area contributed by atoms with Crippen molar-refractivity contribution in [2.75, 3.05) is 105 Å². The normalized spacial score (nSPS) is 14.1. The number of ether oxygens (including phenoxy) is 4. The van der Waals surface area contributed by atoms with Crippen LogP contribution < -0.4 is 0 Å². The SMILES string of the molecule is CCCCCCCCCCC(CCCCCCCC)C(=O)OCCN(CCOC(=O)C(CCCCCCCC)CCCCCCCCCC)CCN1CCN(CCN(CCOC(=O)C(CCCCCCCC)CCCCCCCCCC)CCOC(=O)C(CCCCCCCC)CCCCCCCCCC)CC1. The number of carbonyl (C=O) groups excluding carboxylic acids is 4. The first kappa shape index (κ1) is 104. The van der Waals surface area contributed by atoms with E-state index in [-0.39, 0.29) is 47.5 Å². The molecule has 4 atom stereocenters. The van der Waals surface area contributed by atoms with Crippen LogP contribution >= 0.6 is 0 Å². The highest BCUT2D eigenvalue weighted by Crippen LogP contribution is 2.27.